The molecule has 1 atom stereocenters. The van der Waals surface area contributed by atoms with Crippen molar-refractivity contribution in [3.05, 3.63) is 59.7 Å². The number of benzene rings is 2. The minimum absolute atomic E-state index is 0.213. The van der Waals surface area contributed by atoms with Crippen molar-refractivity contribution < 1.29 is 27.8 Å². The van der Waals surface area contributed by atoms with Crippen LogP contribution in [-0.2, 0) is 4.74 Å². The Bertz CT molecular complexity index is 737. The van der Waals surface area contributed by atoms with Gasteiger partial charge in [0.1, 0.15) is 0 Å². The van der Waals surface area contributed by atoms with Crippen LogP contribution in [0, 0.1) is 0 Å². The lowest BCUT2D eigenvalue weighted by Gasteiger charge is -2.15. The molecule has 0 aliphatic carbocycles. The number of rotatable bonds is 9. The molecule has 3 nitrogen and oxygen atoms in total. The van der Waals surface area contributed by atoms with E-state index in [1.807, 2.05) is 0 Å². The van der Waals surface area contributed by atoms with Gasteiger partial charge in [-0.2, -0.15) is 13.2 Å². The lowest BCUT2D eigenvalue weighted by Crippen LogP contribution is -2.19. The Balaban J connectivity index is 1.92. The van der Waals surface area contributed by atoms with Gasteiger partial charge in [0.2, 0.25) is 0 Å². The quantitative estimate of drug-likeness (QED) is 0.414. The number of alkyl halides is 3. The number of hydrogen-bond acceptors (Lipinski definition) is 3. The summed E-state index contributed by atoms with van der Waals surface area (Å²) in [5, 5.41) is 9.27. The smallest absolute Gasteiger partial charge is 0.418 e. The van der Waals surface area contributed by atoms with Gasteiger partial charge in [0.25, 0.3) is 0 Å². The molecule has 0 bridgehead atoms. The monoisotopic (exact) mass is 394 g/mol. The van der Waals surface area contributed by atoms with Crippen molar-refractivity contribution in [2.45, 2.75) is 51.3 Å². The largest absolute Gasteiger partial charge is 0.462 e. The lowest BCUT2D eigenvalue weighted by atomic mass is 10.0. The average molecular weight is 394 g/mol. The van der Waals surface area contributed by atoms with E-state index in [1.165, 1.54) is 30.7 Å². The maximum atomic E-state index is 12.6. The predicted octanol–water partition coefficient (Wildman–Crippen LogP) is 6.08. The molecule has 1 N–H and O–H groups in total. The number of unbranched alkanes of at least 4 members (excludes halogenated alkanes) is 4. The van der Waals surface area contributed by atoms with Crippen molar-refractivity contribution in [1.29, 1.82) is 0 Å². The van der Waals surface area contributed by atoms with Gasteiger partial charge in [-0.05, 0) is 35.2 Å². The number of carbonyl (C=O) groups excluding carboxylic acids is 1. The highest BCUT2D eigenvalue weighted by Gasteiger charge is 2.39. The molecule has 2 aromatic carbocycles. The van der Waals surface area contributed by atoms with Crippen LogP contribution in [0.15, 0.2) is 48.5 Å². The Labute approximate surface area is 163 Å². The van der Waals surface area contributed by atoms with Crippen molar-refractivity contribution in [2.24, 2.45) is 0 Å². The molecule has 28 heavy (non-hydrogen) atoms. The van der Waals surface area contributed by atoms with Gasteiger partial charge >= 0.3 is 12.1 Å². The van der Waals surface area contributed by atoms with Gasteiger partial charge in [0.15, 0.2) is 6.10 Å². The predicted molar refractivity (Wildman–Crippen MR) is 102 cm³/mol. The summed E-state index contributed by atoms with van der Waals surface area (Å²) in [7, 11) is 0. The fourth-order valence-electron chi connectivity index (χ4n) is 2.80. The maximum Gasteiger partial charge on any atom is 0.418 e. The summed E-state index contributed by atoms with van der Waals surface area (Å²) in [6.07, 6.45) is -1.82. The second-order valence-corrected chi connectivity index (χ2v) is 6.69. The molecule has 0 saturated heterocycles. The normalized spacial score (nSPS) is 12.6. The first-order chi connectivity index (χ1) is 13.3. The fourth-order valence-corrected chi connectivity index (χ4v) is 2.80. The first-order valence-corrected chi connectivity index (χ1v) is 9.45. The van der Waals surface area contributed by atoms with Crippen molar-refractivity contribution in [3.8, 4) is 11.1 Å². The number of esters is 1. The Hall–Kier alpha value is -2.34. The third kappa shape index (κ3) is 6.37. The highest BCUT2D eigenvalue weighted by atomic mass is 19.4. The molecular formula is C22H25F3O3. The molecule has 0 saturated carbocycles. The summed E-state index contributed by atoms with van der Waals surface area (Å²) in [6.45, 7) is 2.54. The molecule has 152 valence electrons. The zero-order valence-electron chi connectivity index (χ0n) is 15.8. The Morgan fingerprint density at radius 1 is 0.929 bits per heavy atom. The van der Waals surface area contributed by atoms with Gasteiger partial charge in [-0.15, -0.1) is 0 Å². The van der Waals surface area contributed by atoms with Crippen LogP contribution in [0.25, 0.3) is 11.1 Å². The molecule has 6 heteroatoms. The third-order valence-corrected chi connectivity index (χ3v) is 4.47. The summed E-state index contributed by atoms with van der Waals surface area (Å²) in [4.78, 5) is 12.0. The summed E-state index contributed by atoms with van der Waals surface area (Å²) < 4.78 is 42.9. The van der Waals surface area contributed by atoms with Crippen LogP contribution < -0.4 is 0 Å². The molecule has 0 fully saturated rings. The topological polar surface area (TPSA) is 46.5 Å². The summed E-state index contributed by atoms with van der Waals surface area (Å²) in [5.41, 5.74) is 1.66. The highest BCUT2D eigenvalue weighted by Crippen LogP contribution is 2.33. The second kappa shape index (κ2) is 10.3. The average Bonchev–Trinajstić information content (AvgIpc) is 2.69. The SMILES string of the molecule is CCCCCCCOC(=O)c1ccc(-c2ccc(C(O)C(F)(F)F)cc2)cc1. The van der Waals surface area contributed by atoms with Gasteiger partial charge < -0.3 is 9.84 Å². The van der Waals surface area contributed by atoms with E-state index in [0.29, 0.717) is 17.7 Å². The van der Waals surface area contributed by atoms with Gasteiger partial charge in [0, 0.05) is 0 Å². The van der Waals surface area contributed by atoms with Gasteiger partial charge in [-0.1, -0.05) is 69.0 Å². The van der Waals surface area contributed by atoms with E-state index in [4.69, 9.17) is 4.74 Å². The number of carbonyl (C=O) groups is 1. The molecule has 2 aromatic rings. The summed E-state index contributed by atoms with van der Waals surface area (Å²) >= 11 is 0. The molecule has 0 radical (unpaired) electrons. The molecule has 0 spiro atoms. The van der Waals surface area contributed by atoms with E-state index in [9.17, 15) is 23.1 Å². The van der Waals surface area contributed by atoms with Crippen molar-refractivity contribution in [3.63, 3.8) is 0 Å². The molecule has 0 aromatic heterocycles. The number of ether oxygens (including phenoxy) is 1. The molecular weight excluding hydrogens is 369 g/mol. The fraction of sp³-hybridized carbons (Fsp3) is 0.409. The van der Waals surface area contributed by atoms with Crippen molar-refractivity contribution in [2.75, 3.05) is 6.61 Å². The molecule has 0 amide bonds. The minimum atomic E-state index is -4.69. The second-order valence-electron chi connectivity index (χ2n) is 6.69. The van der Waals surface area contributed by atoms with Crippen LogP contribution in [0.2, 0.25) is 0 Å². The van der Waals surface area contributed by atoms with E-state index in [-0.39, 0.29) is 11.5 Å². The standard InChI is InChI=1S/C22H25F3O3/c1-2-3-4-5-6-15-28-21(27)19-13-9-17(10-14-19)16-7-11-18(12-8-16)20(26)22(23,24)25/h7-14,20,26H,2-6,15H2,1H3. The van der Waals surface area contributed by atoms with Crippen LogP contribution >= 0.6 is 0 Å². The van der Waals surface area contributed by atoms with E-state index in [0.717, 1.165) is 31.2 Å². The molecule has 0 aliphatic heterocycles. The zero-order valence-corrected chi connectivity index (χ0v) is 15.8. The molecule has 0 aliphatic rings. The maximum absolute atomic E-state index is 12.6. The number of halogens is 3. The Morgan fingerprint density at radius 3 is 2.00 bits per heavy atom. The third-order valence-electron chi connectivity index (χ3n) is 4.47. The Kier molecular flexibility index (Phi) is 8.05. The number of hydrogen-bond donors (Lipinski definition) is 1. The molecule has 0 heterocycles. The molecule has 2 rings (SSSR count). The molecule has 1 unspecified atom stereocenters. The van der Waals surface area contributed by atoms with Crippen molar-refractivity contribution >= 4 is 5.97 Å². The van der Waals surface area contributed by atoms with Gasteiger partial charge in [0.05, 0.1) is 12.2 Å². The Morgan fingerprint density at radius 2 is 1.46 bits per heavy atom. The van der Waals surface area contributed by atoms with E-state index >= 15 is 0 Å². The highest BCUT2D eigenvalue weighted by molar-refractivity contribution is 5.90. The van der Waals surface area contributed by atoms with Gasteiger partial charge in [-0.25, -0.2) is 4.79 Å². The first-order valence-electron chi connectivity index (χ1n) is 9.45. The van der Waals surface area contributed by atoms with Crippen molar-refractivity contribution in [1.82, 2.24) is 0 Å². The van der Waals surface area contributed by atoms with Crippen LogP contribution in [-0.4, -0.2) is 23.9 Å². The summed E-state index contributed by atoms with van der Waals surface area (Å²) in [5.74, 6) is -0.384. The van der Waals surface area contributed by atoms with Crippen LogP contribution in [0.5, 0.6) is 0 Å². The van der Waals surface area contributed by atoms with E-state index < -0.39 is 12.3 Å². The minimum Gasteiger partial charge on any atom is -0.462 e. The van der Waals surface area contributed by atoms with Gasteiger partial charge in [-0.3, -0.25) is 0 Å². The summed E-state index contributed by atoms with van der Waals surface area (Å²) in [6, 6.07) is 12.2. The van der Waals surface area contributed by atoms with E-state index in [1.54, 1.807) is 24.3 Å². The van der Waals surface area contributed by atoms with E-state index in [2.05, 4.69) is 6.92 Å². The van der Waals surface area contributed by atoms with Crippen LogP contribution in [0.4, 0.5) is 13.2 Å². The zero-order chi connectivity index (χ0) is 20.6. The number of aliphatic hydroxyl groups excluding tert-OH is 1. The first kappa shape index (κ1) is 22.0. The van der Waals surface area contributed by atoms with Crippen LogP contribution in [0.1, 0.15) is 61.1 Å². The lowest BCUT2D eigenvalue weighted by molar-refractivity contribution is -0.206. The van der Waals surface area contributed by atoms with Crippen LogP contribution in [0.3, 0.4) is 0 Å². The number of aliphatic hydroxyl groups is 1.